The molecule has 1 fully saturated rings. The zero-order valence-electron chi connectivity index (χ0n) is 13.2. The van der Waals surface area contributed by atoms with Crippen molar-refractivity contribution in [1.82, 2.24) is 4.90 Å². The van der Waals surface area contributed by atoms with Gasteiger partial charge in [0.15, 0.2) is 0 Å². The molecule has 0 saturated carbocycles. The van der Waals surface area contributed by atoms with E-state index in [0.717, 1.165) is 31.6 Å². The summed E-state index contributed by atoms with van der Waals surface area (Å²) in [6, 6.07) is 4.63. The van der Waals surface area contributed by atoms with Crippen LogP contribution in [0.4, 0.5) is 11.4 Å². The van der Waals surface area contributed by atoms with Crippen molar-refractivity contribution in [3.63, 3.8) is 0 Å². The number of hydrogen-bond acceptors (Lipinski definition) is 4. The van der Waals surface area contributed by atoms with Gasteiger partial charge in [0.05, 0.1) is 16.2 Å². The van der Waals surface area contributed by atoms with Crippen molar-refractivity contribution in [3.8, 4) is 0 Å². The Morgan fingerprint density at radius 3 is 2.41 bits per heavy atom. The smallest absolute Gasteiger partial charge is 0.270 e. The number of rotatable bonds is 5. The summed E-state index contributed by atoms with van der Waals surface area (Å²) in [5, 5.41) is 11.0. The van der Waals surface area contributed by atoms with Gasteiger partial charge in [-0.25, -0.2) is 0 Å². The van der Waals surface area contributed by atoms with E-state index in [1.54, 1.807) is 11.0 Å². The molecule has 0 aromatic heterocycles. The summed E-state index contributed by atoms with van der Waals surface area (Å²) in [4.78, 5) is 27.2. The van der Waals surface area contributed by atoms with Crippen LogP contribution in [0.25, 0.3) is 0 Å². The van der Waals surface area contributed by atoms with Gasteiger partial charge in [-0.2, -0.15) is 0 Å². The highest BCUT2D eigenvalue weighted by molar-refractivity contribution is 6.00. The number of hydrogen-bond donors (Lipinski definition) is 0. The highest BCUT2D eigenvalue weighted by atomic mass is 16.6. The first-order valence-corrected chi connectivity index (χ1v) is 7.91. The Labute approximate surface area is 130 Å². The zero-order valence-corrected chi connectivity index (χ0v) is 13.2. The van der Waals surface area contributed by atoms with E-state index >= 15 is 0 Å². The Bertz CT molecular complexity index is 550. The summed E-state index contributed by atoms with van der Waals surface area (Å²) >= 11 is 0. The minimum Gasteiger partial charge on any atom is -0.371 e. The molecule has 6 nitrogen and oxygen atoms in total. The molecule has 0 aliphatic carbocycles. The van der Waals surface area contributed by atoms with Gasteiger partial charge in [-0.05, 0) is 39.2 Å². The highest BCUT2D eigenvalue weighted by Crippen LogP contribution is 2.29. The predicted molar refractivity (Wildman–Crippen MR) is 86.4 cm³/mol. The molecule has 120 valence electrons. The van der Waals surface area contributed by atoms with Gasteiger partial charge < -0.3 is 9.80 Å². The van der Waals surface area contributed by atoms with Crippen molar-refractivity contribution in [2.45, 2.75) is 33.1 Å². The minimum absolute atomic E-state index is 0.0312. The number of piperidine rings is 1. The largest absolute Gasteiger partial charge is 0.371 e. The van der Waals surface area contributed by atoms with Crippen molar-refractivity contribution < 1.29 is 9.72 Å². The molecule has 1 aromatic carbocycles. The van der Waals surface area contributed by atoms with Crippen LogP contribution in [0.2, 0.25) is 0 Å². The van der Waals surface area contributed by atoms with E-state index in [1.165, 1.54) is 18.6 Å². The van der Waals surface area contributed by atoms with Gasteiger partial charge in [0.25, 0.3) is 11.6 Å². The standard InChI is InChI=1S/C16H23N3O3/c1-3-17(4-2)16(20)14-12-13(19(21)22)8-9-15(14)18-10-6-5-7-11-18/h8-9,12H,3-7,10-11H2,1-2H3. The second-order valence-electron chi connectivity index (χ2n) is 5.48. The fourth-order valence-corrected chi connectivity index (χ4v) is 2.90. The molecule has 22 heavy (non-hydrogen) atoms. The number of carbonyl (C=O) groups is 1. The normalized spacial score (nSPS) is 14.7. The molecule has 1 aromatic rings. The molecule has 0 atom stereocenters. The summed E-state index contributed by atoms with van der Waals surface area (Å²) in [5.41, 5.74) is 1.23. The maximum atomic E-state index is 12.7. The lowest BCUT2D eigenvalue weighted by Crippen LogP contribution is -2.35. The van der Waals surface area contributed by atoms with Crippen molar-refractivity contribution in [2.75, 3.05) is 31.1 Å². The fourth-order valence-electron chi connectivity index (χ4n) is 2.90. The summed E-state index contributed by atoms with van der Waals surface area (Å²) in [6.45, 7) is 6.82. The van der Waals surface area contributed by atoms with Crippen molar-refractivity contribution in [2.24, 2.45) is 0 Å². The van der Waals surface area contributed by atoms with Gasteiger partial charge >= 0.3 is 0 Å². The number of non-ortho nitro benzene ring substituents is 1. The summed E-state index contributed by atoms with van der Waals surface area (Å²) < 4.78 is 0. The minimum atomic E-state index is -0.445. The van der Waals surface area contributed by atoms with Crippen LogP contribution in [0.1, 0.15) is 43.5 Å². The number of anilines is 1. The van der Waals surface area contributed by atoms with Crippen molar-refractivity contribution in [3.05, 3.63) is 33.9 Å². The topological polar surface area (TPSA) is 66.7 Å². The molecular formula is C16H23N3O3. The van der Waals surface area contributed by atoms with Crippen LogP contribution in [0.15, 0.2) is 18.2 Å². The lowest BCUT2D eigenvalue weighted by atomic mass is 10.1. The highest BCUT2D eigenvalue weighted by Gasteiger charge is 2.24. The van der Waals surface area contributed by atoms with Crippen LogP contribution in [0, 0.1) is 10.1 Å². The first-order chi connectivity index (χ1) is 10.6. The maximum absolute atomic E-state index is 12.7. The number of amides is 1. The lowest BCUT2D eigenvalue weighted by Gasteiger charge is -2.31. The Morgan fingerprint density at radius 2 is 1.86 bits per heavy atom. The zero-order chi connectivity index (χ0) is 16.1. The monoisotopic (exact) mass is 305 g/mol. The maximum Gasteiger partial charge on any atom is 0.270 e. The molecule has 0 radical (unpaired) electrons. The van der Waals surface area contributed by atoms with Crippen LogP contribution >= 0.6 is 0 Å². The second kappa shape index (κ2) is 7.24. The molecule has 0 N–H and O–H groups in total. The average Bonchev–Trinajstić information content (AvgIpc) is 2.56. The van der Waals surface area contributed by atoms with E-state index in [1.807, 2.05) is 13.8 Å². The summed E-state index contributed by atoms with van der Waals surface area (Å²) in [6.07, 6.45) is 3.38. The Kier molecular flexibility index (Phi) is 5.35. The van der Waals surface area contributed by atoms with Crippen molar-refractivity contribution in [1.29, 1.82) is 0 Å². The third-order valence-electron chi connectivity index (χ3n) is 4.17. The fraction of sp³-hybridized carbons (Fsp3) is 0.562. The lowest BCUT2D eigenvalue weighted by molar-refractivity contribution is -0.384. The number of nitrogens with zero attached hydrogens (tertiary/aromatic N) is 3. The molecule has 1 saturated heterocycles. The van der Waals surface area contributed by atoms with E-state index in [4.69, 9.17) is 0 Å². The van der Waals surface area contributed by atoms with Crippen LogP contribution < -0.4 is 4.90 Å². The Balaban J connectivity index is 2.43. The van der Waals surface area contributed by atoms with E-state index in [2.05, 4.69) is 4.90 Å². The van der Waals surface area contributed by atoms with Crippen LogP contribution in [-0.2, 0) is 0 Å². The molecule has 0 unspecified atom stereocenters. The predicted octanol–water partition coefficient (Wildman–Crippen LogP) is 3.07. The molecule has 0 bridgehead atoms. The van der Waals surface area contributed by atoms with Crippen molar-refractivity contribution >= 4 is 17.3 Å². The van der Waals surface area contributed by atoms with E-state index in [-0.39, 0.29) is 11.6 Å². The van der Waals surface area contributed by atoms with E-state index in [0.29, 0.717) is 18.7 Å². The first kappa shape index (κ1) is 16.3. The van der Waals surface area contributed by atoms with Crippen LogP contribution in [0.3, 0.4) is 0 Å². The Morgan fingerprint density at radius 1 is 1.23 bits per heavy atom. The molecule has 6 heteroatoms. The number of carbonyl (C=O) groups excluding carboxylic acids is 1. The summed E-state index contributed by atoms with van der Waals surface area (Å²) in [7, 11) is 0. The summed E-state index contributed by atoms with van der Waals surface area (Å²) in [5.74, 6) is -0.130. The van der Waals surface area contributed by atoms with Gasteiger partial charge in [0.1, 0.15) is 0 Å². The van der Waals surface area contributed by atoms with E-state index < -0.39 is 4.92 Å². The van der Waals surface area contributed by atoms with Crippen LogP contribution in [-0.4, -0.2) is 41.9 Å². The molecule has 1 amide bonds. The molecule has 0 spiro atoms. The third-order valence-corrected chi connectivity index (χ3v) is 4.17. The number of nitro groups is 1. The van der Waals surface area contributed by atoms with Gasteiger partial charge in [-0.3, -0.25) is 14.9 Å². The SMILES string of the molecule is CCN(CC)C(=O)c1cc([N+](=O)[O-])ccc1N1CCCCC1. The molecule has 1 aliphatic rings. The number of nitro benzene ring substituents is 1. The second-order valence-corrected chi connectivity index (χ2v) is 5.48. The molecule has 2 rings (SSSR count). The van der Waals surface area contributed by atoms with Crippen LogP contribution in [0.5, 0.6) is 0 Å². The quantitative estimate of drug-likeness (QED) is 0.619. The molecular weight excluding hydrogens is 282 g/mol. The van der Waals surface area contributed by atoms with Gasteiger partial charge in [-0.1, -0.05) is 0 Å². The Hall–Kier alpha value is -2.11. The van der Waals surface area contributed by atoms with Gasteiger partial charge in [0.2, 0.25) is 0 Å². The molecule has 1 heterocycles. The third kappa shape index (κ3) is 3.37. The average molecular weight is 305 g/mol. The number of benzene rings is 1. The first-order valence-electron chi connectivity index (χ1n) is 7.91. The molecule has 1 aliphatic heterocycles. The van der Waals surface area contributed by atoms with Gasteiger partial charge in [-0.15, -0.1) is 0 Å². The van der Waals surface area contributed by atoms with Gasteiger partial charge in [0, 0.05) is 38.3 Å². The van der Waals surface area contributed by atoms with E-state index in [9.17, 15) is 14.9 Å².